The van der Waals surface area contributed by atoms with E-state index in [0.29, 0.717) is 5.76 Å². The van der Waals surface area contributed by atoms with Crippen LogP contribution in [0.5, 0.6) is 0 Å². The predicted octanol–water partition coefficient (Wildman–Crippen LogP) is 6.56. The molecule has 0 aromatic heterocycles. The average molecular weight is 341 g/mol. The summed E-state index contributed by atoms with van der Waals surface area (Å²) in [5.74, 6) is 0.418. The van der Waals surface area contributed by atoms with Gasteiger partial charge in [0, 0.05) is 0 Å². The molecule has 0 N–H and O–H groups in total. The maximum Gasteiger partial charge on any atom is 0.189 e. The second-order valence-corrected chi connectivity index (χ2v) is 6.57. The maximum absolute atomic E-state index is 10.9. The minimum atomic E-state index is 0.191. The third-order valence-electron chi connectivity index (χ3n) is 4.22. The van der Waals surface area contributed by atoms with Crippen LogP contribution in [0.15, 0.2) is 11.8 Å². The number of aldehydes is 1. The van der Waals surface area contributed by atoms with Gasteiger partial charge in [-0.25, -0.2) is 0 Å². The molecule has 24 heavy (non-hydrogen) atoms. The molecule has 0 fully saturated rings. The highest BCUT2D eigenvalue weighted by molar-refractivity contribution is 5.69. The topological polar surface area (TPSA) is 35.5 Å². The molecule has 0 aliphatic heterocycles. The molecular weight excluding hydrogens is 300 g/mol. The number of ether oxygens (including phenoxy) is 2. The minimum absolute atomic E-state index is 0.191. The van der Waals surface area contributed by atoms with Crippen molar-refractivity contribution in [1.82, 2.24) is 0 Å². The Morgan fingerprint density at radius 3 is 1.88 bits per heavy atom. The highest BCUT2D eigenvalue weighted by Crippen LogP contribution is 2.09. The number of allylic oxidation sites excluding steroid dienone is 2. The van der Waals surface area contributed by atoms with E-state index in [9.17, 15) is 4.79 Å². The van der Waals surface area contributed by atoms with Crippen LogP contribution in [0.1, 0.15) is 104 Å². The fourth-order valence-corrected chi connectivity index (χ4v) is 2.64. The molecule has 0 saturated carbocycles. The second-order valence-electron chi connectivity index (χ2n) is 6.57. The van der Waals surface area contributed by atoms with Gasteiger partial charge in [-0.15, -0.1) is 0 Å². The summed E-state index contributed by atoms with van der Waals surface area (Å²) < 4.78 is 10.8. The molecule has 0 unspecified atom stereocenters. The quantitative estimate of drug-likeness (QED) is 0.0878. The van der Waals surface area contributed by atoms with Gasteiger partial charge in [0.2, 0.25) is 0 Å². The second kappa shape index (κ2) is 20.2. The highest BCUT2D eigenvalue weighted by atomic mass is 16.7. The van der Waals surface area contributed by atoms with E-state index in [2.05, 4.69) is 13.8 Å². The number of carbonyl (C=O) groups excluding carboxylic acids is 1. The van der Waals surface area contributed by atoms with Crippen molar-refractivity contribution in [1.29, 1.82) is 0 Å². The van der Waals surface area contributed by atoms with Crippen LogP contribution in [0.4, 0.5) is 0 Å². The SMILES string of the molecule is CCCCCCCC=C(C=O)OCOCCCCCCCCCC. The van der Waals surface area contributed by atoms with Crippen LogP contribution in [0.25, 0.3) is 0 Å². The first-order valence-corrected chi connectivity index (χ1v) is 10.2. The molecule has 0 aliphatic carbocycles. The molecule has 0 heterocycles. The summed E-state index contributed by atoms with van der Waals surface area (Å²) in [6, 6.07) is 0. The Balaban J connectivity index is 3.38. The van der Waals surface area contributed by atoms with Gasteiger partial charge in [-0.05, 0) is 25.3 Å². The van der Waals surface area contributed by atoms with Crippen molar-refractivity contribution in [3.63, 3.8) is 0 Å². The van der Waals surface area contributed by atoms with Crippen molar-refractivity contribution in [3.8, 4) is 0 Å². The zero-order valence-electron chi connectivity index (χ0n) is 16.2. The van der Waals surface area contributed by atoms with Gasteiger partial charge in [0.25, 0.3) is 0 Å². The van der Waals surface area contributed by atoms with E-state index in [0.717, 1.165) is 32.2 Å². The van der Waals surface area contributed by atoms with Gasteiger partial charge in [0.15, 0.2) is 18.8 Å². The van der Waals surface area contributed by atoms with Gasteiger partial charge >= 0.3 is 0 Å². The van der Waals surface area contributed by atoms with E-state index < -0.39 is 0 Å². The molecule has 0 spiro atoms. The van der Waals surface area contributed by atoms with Crippen molar-refractivity contribution in [2.75, 3.05) is 13.4 Å². The van der Waals surface area contributed by atoms with Crippen LogP contribution in [-0.2, 0) is 14.3 Å². The lowest BCUT2D eigenvalue weighted by molar-refractivity contribution is -0.111. The first kappa shape index (κ1) is 23.2. The maximum atomic E-state index is 10.9. The summed E-state index contributed by atoms with van der Waals surface area (Å²) >= 11 is 0. The van der Waals surface area contributed by atoms with E-state index in [4.69, 9.17) is 9.47 Å². The van der Waals surface area contributed by atoms with Crippen molar-refractivity contribution >= 4 is 6.29 Å². The summed E-state index contributed by atoms with van der Waals surface area (Å²) in [4.78, 5) is 10.9. The summed E-state index contributed by atoms with van der Waals surface area (Å²) in [5, 5.41) is 0. The molecule has 3 heteroatoms. The molecule has 0 rings (SSSR count). The molecule has 0 atom stereocenters. The summed E-state index contributed by atoms with van der Waals surface area (Å²) in [5.41, 5.74) is 0. The smallest absolute Gasteiger partial charge is 0.189 e. The summed E-state index contributed by atoms with van der Waals surface area (Å²) in [7, 11) is 0. The van der Waals surface area contributed by atoms with Gasteiger partial charge in [-0.2, -0.15) is 0 Å². The first-order chi connectivity index (χ1) is 11.8. The standard InChI is InChI=1S/C21H40O3/c1-3-5-7-9-11-12-14-16-18-23-20-24-21(19-22)17-15-13-10-8-6-4-2/h17,19H,3-16,18,20H2,1-2H3. The van der Waals surface area contributed by atoms with Crippen LogP contribution in [0, 0.1) is 0 Å². The van der Waals surface area contributed by atoms with Crippen molar-refractivity contribution < 1.29 is 14.3 Å². The lowest BCUT2D eigenvalue weighted by Gasteiger charge is -2.07. The zero-order valence-corrected chi connectivity index (χ0v) is 16.2. The number of carbonyl (C=O) groups is 1. The Morgan fingerprint density at radius 2 is 1.29 bits per heavy atom. The van der Waals surface area contributed by atoms with Gasteiger partial charge in [-0.3, -0.25) is 4.79 Å². The number of rotatable bonds is 19. The van der Waals surface area contributed by atoms with Gasteiger partial charge < -0.3 is 9.47 Å². The average Bonchev–Trinajstić information content (AvgIpc) is 2.60. The van der Waals surface area contributed by atoms with Crippen LogP contribution < -0.4 is 0 Å². The molecule has 0 amide bonds. The van der Waals surface area contributed by atoms with Gasteiger partial charge in [0.1, 0.15) is 0 Å². The Labute approximate surface area is 150 Å². The largest absolute Gasteiger partial charge is 0.464 e. The van der Waals surface area contributed by atoms with Gasteiger partial charge in [0.05, 0.1) is 6.61 Å². The highest BCUT2D eigenvalue weighted by Gasteiger charge is 1.97. The molecule has 0 aliphatic rings. The van der Waals surface area contributed by atoms with E-state index in [-0.39, 0.29) is 6.79 Å². The van der Waals surface area contributed by atoms with Crippen LogP contribution >= 0.6 is 0 Å². The molecule has 142 valence electrons. The lowest BCUT2D eigenvalue weighted by atomic mass is 10.1. The number of hydrogen-bond donors (Lipinski definition) is 0. The number of unbranched alkanes of at least 4 members (excludes halogenated alkanes) is 12. The van der Waals surface area contributed by atoms with E-state index in [1.165, 1.54) is 70.6 Å². The van der Waals surface area contributed by atoms with Gasteiger partial charge in [-0.1, -0.05) is 84.5 Å². The Kier molecular flexibility index (Phi) is 19.5. The van der Waals surface area contributed by atoms with Crippen LogP contribution in [-0.4, -0.2) is 19.7 Å². The fourth-order valence-electron chi connectivity index (χ4n) is 2.64. The van der Waals surface area contributed by atoms with Crippen molar-refractivity contribution in [2.24, 2.45) is 0 Å². The zero-order chi connectivity index (χ0) is 17.7. The van der Waals surface area contributed by atoms with Crippen LogP contribution in [0.3, 0.4) is 0 Å². The molecule has 0 radical (unpaired) electrons. The monoisotopic (exact) mass is 340 g/mol. The third-order valence-corrected chi connectivity index (χ3v) is 4.22. The Hall–Kier alpha value is -0.830. The van der Waals surface area contributed by atoms with Crippen molar-refractivity contribution in [2.45, 2.75) is 104 Å². The summed E-state index contributed by atoms with van der Waals surface area (Å²) in [6.07, 6.45) is 20.1. The molecule has 3 nitrogen and oxygen atoms in total. The molecular formula is C21H40O3. The molecule has 0 aromatic carbocycles. The minimum Gasteiger partial charge on any atom is -0.464 e. The van der Waals surface area contributed by atoms with Crippen LogP contribution in [0.2, 0.25) is 0 Å². The molecule has 0 bridgehead atoms. The Bertz CT molecular complexity index is 287. The predicted molar refractivity (Wildman–Crippen MR) is 102 cm³/mol. The van der Waals surface area contributed by atoms with E-state index in [1.807, 2.05) is 6.08 Å². The van der Waals surface area contributed by atoms with Crippen molar-refractivity contribution in [3.05, 3.63) is 11.8 Å². The Morgan fingerprint density at radius 1 is 0.750 bits per heavy atom. The fraction of sp³-hybridized carbons (Fsp3) is 0.857. The summed E-state index contributed by atoms with van der Waals surface area (Å²) in [6.45, 7) is 5.37. The number of hydrogen-bond acceptors (Lipinski definition) is 3. The molecule has 0 saturated heterocycles. The third kappa shape index (κ3) is 17.5. The molecule has 0 aromatic rings. The van der Waals surface area contributed by atoms with E-state index >= 15 is 0 Å². The first-order valence-electron chi connectivity index (χ1n) is 10.2. The lowest BCUT2D eigenvalue weighted by Crippen LogP contribution is -2.02. The van der Waals surface area contributed by atoms with E-state index in [1.54, 1.807) is 0 Å². The normalized spacial score (nSPS) is 11.7.